The van der Waals surface area contributed by atoms with Crippen LogP contribution < -0.4 is 9.46 Å². The highest BCUT2D eigenvalue weighted by atomic mass is 32.2. The Kier molecular flexibility index (Phi) is 6.81. The number of fused-ring (bicyclic) bond motifs is 1. The molecule has 7 nitrogen and oxygen atoms in total. The summed E-state index contributed by atoms with van der Waals surface area (Å²) in [6.07, 6.45) is 3.23. The number of aliphatic hydroxyl groups excluding tert-OH is 1. The van der Waals surface area contributed by atoms with Crippen LogP contribution in [0, 0.1) is 11.3 Å². The summed E-state index contributed by atoms with van der Waals surface area (Å²) in [5.74, 6) is 0.256. The fourth-order valence-corrected chi connectivity index (χ4v) is 6.04. The van der Waals surface area contributed by atoms with Gasteiger partial charge in [-0.05, 0) is 61.6 Å². The largest absolute Gasteiger partial charge is 0.490 e. The number of nitriles is 1. The molecule has 0 bridgehead atoms. The first-order chi connectivity index (χ1) is 15.8. The summed E-state index contributed by atoms with van der Waals surface area (Å²) in [7, 11) is -3.53. The van der Waals surface area contributed by atoms with E-state index >= 15 is 0 Å². The lowest BCUT2D eigenvalue weighted by molar-refractivity contribution is 0.242. The molecule has 0 radical (unpaired) electrons. The number of thiazole rings is 1. The second-order valence-electron chi connectivity index (χ2n) is 8.14. The Morgan fingerprint density at radius 2 is 2.15 bits per heavy atom. The van der Waals surface area contributed by atoms with Gasteiger partial charge in [-0.3, -0.25) is 0 Å². The van der Waals surface area contributed by atoms with Crippen molar-refractivity contribution in [1.82, 2.24) is 9.71 Å². The van der Waals surface area contributed by atoms with Crippen molar-refractivity contribution in [2.24, 2.45) is 0 Å². The SMILES string of the molecule is CC(C)Oc1ccc(-c2ncc(-c3cccc4c3CCC4NS(=O)(=O)CCO)s2)cc1C#N. The van der Waals surface area contributed by atoms with E-state index in [0.29, 0.717) is 17.7 Å². The smallest absolute Gasteiger partial charge is 0.214 e. The van der Waals surface area contributed by atoms with Crippen LogP contribution in [-0.2, 0) is 16.4 Å². The molecule has 0 spiro atoms. The first-order valence-electron chi connectivity index (χ1n) is 10.7. The molecule has 3 aromatic rings. The van der Waals surface area contributed by atoms with E-state index in [1.165, 1.54) is 11.3 Å². The van der Waals surface area contributed by atoms with Crippen LogP contribution in [-0.4, -0.2) is 37.0 Å². The van der Waals surface area contributed by atoms with Gasteiger partial charge in [0.2, 0.25) is 10.0 Å². The maximum absolute atomic E-state index is 12.1. The number of ether oxygens (including phenoxy) is 1. The van der Waals surface area contributed by atoms with Crippen LogP contribution in [0.1, 0.15) is 43.0 Å². The van der Waals surface area contributed by atoms with Gasteiger partial charge in [-0.15, -0.1) is 11.3 Å². The summed E-state index contributed by atoms with van der Waals surface area (Å²) in [6.45, 7) is 3.43. The molecule has 0 saturated heterocycles. The van der Waals surface area contributed by atoms with Gasteiger partial charge in [0.15, 0.2) is 0 Å². The average molecular weight is 484 g/mol. The molecule has 0 amide bonds. The number of aromatic nitrogens is 1. The number of nitrogens with one attached hydrogen (secondary N) is 1. The number of hydrogen-bond acceptors (Lipinski definition) is 7. The second-order valence-corrected chi connectivity index (χ2v) is 11.0. The topological polar surface area (TPSA) is 112 Å². The molecule has 172 valence electrons. The third kappa shape index (κ3) is 5.09. The highest BCUT2D eigenvalue weighted by Gasteiger charge is 2.28. The van der Waals surface area contributed by atoms with Gasteiger partial charge in [-0.25, -0.2) is 18.1 Å². The quantitative estimate of drug-likeness (QED) is 0.500. The molecule has 0 saturated carbocycles. The van der Waals surface area contributed by atoms with Crippen LogP contribution in [0.4, 0.5) is 0 Å². The molecule has 33 heavy (non-hydrogen) atoms. The van der Waals surface area contributed by atoms with E-state index in [2.05, 4.69) is 15.8 Å². The van der Waals surface area contributed by atoms with E-state index in [0.717, 1.165) is 38.6 Å². The van der Waals surface area contributed by atoms with Gasteiger partial charge in [0.1, 0.15) is 16.8 Å². The standard InChI is InChI=1S/C24H25N3O4S2/c1-15(2)31-22-9-6-16(12-17(22)13-25)24-26-14-23(32-24)20-5-3-4-19-18(20)7-8-21(19)27-33(29,30)11-10-28/h3-6,9,12,14-15,21,27-28H,7-8,10-11H2,1-2H3. The zero-order valence-electron chi connectivity index (χ0n) is 18.4. The summed E-state index contributed by atoms with van der Waals surface area (Å²) in [4.78, 5) is 5.57. The Morgan fingerprint density at radius 1 is 1.33 bits per heavy atom. The van der Waals surface area contributed by atoms with Crippen molar-refractivity contribution in [3.63, 3.8) is 0 Å². The van der Waals surface area contributed by atoms with E-state index in [1.807, 2.05) is 44.3 Å². The maximum Gasteiger partial charge on any atom is 0.214 e. The number of sulfonamides is 1. The summed E-state index contributed by atoms with van der Waals surface area (Å²) >= 11 is 1.53. The zero-order valence-corrected chi connectivity index (χ0v) is 20.0. The molecule has 1 aliphatic rings. The molecule has 1 aliphatic carbocycles. The minimum absolute atomic E-state index is 0.0217. The summed E-state index contributed by atoms with van der Waals surface area (Å²) in [6, 6.07) is 13.3. The average Bonchev–Trinajstić information content (AvgIpc) is 3.41. The summed E-state index contributed by atoms with van der Waals surface area (Å²) in [5, 5.41) is 19.3. The van der Waals surface area contributed by atoms with Crippen molar-refractivity contribution in [3.8, 4) is 32.8 Å². The molecule has 0 fully saturated rings. The minimum atomic E-state index is -3.53. The number of nitrogens with zero attached hydrogens (tertiary/aromatic N) is 2. The molecule has 2 aromatic carbocycles. The van der Waals surface area contributed by atoms with Crippen molar-refractivity contribution in [3.05, 3.63) is 59.3 Å². The van der Waals surface area contributed by atoms with Crippen LogP contribution >= 0.6 is 11.3 Å². The number of aliphatic hydroxyl groups is 1. The van der Waals surface area contributed by atoms with E-state index in [-0.39, 0.29) is 17.9 Å². The zero-order chi connectivity index (χ0) is 23.6. The van der Waals surface area contributed by atoms with Gasteiger partial charge in [0.25, 0.3) is 0 Å². The van der Waals surface area contributed by atoms with Gasteiger partial charge < -0.3 is 9.84 Å². The van der Waals surface area contributed by atoms with Crippen LogP contribution in [0.5, 0.6) is 5.75 Å². The molecule has 2 N–H and O–H groups in total. The van der Waals surface area contributed by atoms with E-state index < -0.39 is 16.6 Å². The van der Waals surface area contributed by atoms with Crippen LogP contribution in [0.25, 0.3) is 21.0 Å². The highest BCUT2D eigenvalue weighted by Crippen LogP contribution is 2.41. The first-order valence-corrected chi connectivity index (χ1v) is 13.2. The Morgan fingerprint density at radius 3 is 2.88 bits per heavy atom. The molecule has 1 unspecified atom stereocenters. The van der Waals surface area contributed by atoms with Crippen molar-refractivity contribution < 1.29 is 18.3 Å². The monoisotopic (exact) mass is 483 g/mol. The van der Waals surface area contributed by atoms with Crippen molar-refractivity contribution in [2.45, 2.75) is 38.8 Å². The number of rotatable bonds is 8. The fraction of sp³-hybridized carbons (Fsp3) is 0.333. The minimum Gasteiger partial charge on any atom is -0.490 e. The normalized spacial score (nSPS) is 15.4. The third-order valence-corrected chi connectivity index (χ3v) is 7.88. The molecule has 1 aromatic heterocycles. The molecule has 1 atom stereocenters. The van der Waals surface area contributed by atoms with Crippen LogP contribution in [0.15, 0.2) is 42.6 Å². The molecular formula is C24H25N3O4S2. The van der Waals surface area contributed by atoms with E-state index in [9.17, 15) is 13.7 Å². The van der Waals surface area contributed by atoms with E-state index in [4.69, 9.17) is 9.84 Å². The molecular weight excluding hydrogens is 458 g/mol. The van der Waals surface area contributed by atoms with Gasteiger partial charge >= 0.3 is 0 Å². The van der Waals surface area contributed by atoms with Gasteiger partial charge in [0, 0.05) is 17.8 Å². The highest BCUT2D eigenvalue weighted by molar-refractivity contribution is 7.89. The lowest BCUT2D eigenvalue weighted by Crippen LogP contribution is -2.30. The second kappa shape index (κ2) is 9.61. The molecule has 4 rings (SSSR count). The Balaban J connectivity index is 1.63. The number of hydrogen-bond donors (Lipinski definition) is 2. The van der Waals surface area contributed by atoms with Crippen molar-refractivity contribution in [2.75, 3.05) is 12.4 Å². The van der Waals surface area contributed by atoms with Crippen LogP contribution in [0.3, 0.4) is 0 Å². The first kappa shape index (κ1) is 23.4. The predicted molar refractivity (Wildman–Crippen MR) is 129 cm³/mol. The van der Waals surface area contributed by atoms with Gasteiger partial charge in [-0.1, -0.05) is 18.2 Å². The van der Waals surface area contributed by atoms with Crippen molar-refractivity contribution in [1.29, 1.82) is 5.26 Å². The Hall–Kier alpha value is -2.77. The lowest BCUT2D eigenvalue weighted by Gasteiger charge is -2.14. The molecule has 9 heteroatoms. The third-order valence-electron chi connectivity index (χ3n) is 5.43. The number of benzene rings is 2. The van der Waals surface area contributed by atoms with E-state index in [1.54, 1.807) is 12.1 Å². The fourth-order valence-electron chi connectivity index (χ4n) is 4.04. The Bertz CT molecular complexity index is 1310. The summed E-state index contributed by atoms with van der Waals surface area (Å²) < 4.78 is 32.7. The van der Waals surface area contributed by atoms with Gasteiger partial charge in [0.05, 0.1) is 28.9 Å². The van der Waals surface area contributed by atoms with Crippen molar-refractivity contribution >= 4 is 21.4 Å². The maximum atomic E-state index is 12.1. The molecule has 1 heterocycles. The Labute approximate surface area is 197 Å². The molecule has 0 aliphatic heterocycles. The lowest BCUT2D eigenvalue weighted by atomic mass is 10.0. The summed E-state index contributed by atoms with van der Waals surface area (Å²) in [5.41, 5.74) is 4.44. The van der Waals surface area contributed by atoms with Crippen LogP contribution in [0.2, 0.25) is 0 Å². The predicted octanol–water partition coefficient (Wildman–Crippen LogP) is 4.03. The van der Waals surface area contributed by atoms with Gasteiger partial charge in [-0.2, -0.15) is 5.26 Å².